The summed E-state index contributed by atoms with van der Waals surface area (Å²) < 4.78 is 0. The van der Waals surface area contributed by atoms with E-state index in [4.69, 9.17) is 0 Å². The highest BCUT2D eigenvalue weighted by molar-refractivity contribution is 5.91. The third-order valence-electron chi connectivity index (χ3n) is 6.44. The van der Waals surface area contributed by atoms with E-state index in [1.165, 1.54) is 31.2 Å². The van der Waals surface area contributed by atoms with Gasteiger partial charge in [0.05, 0.1) is 0 Å². The van der Waals surface area contributed by atoms with Crippen LogP contribution in [0.15, 0.2) is 24.3 Å². The first-order valence-corrected chi connectivity index (χ1v) is 7.78. The Bertz CT molecular complexity index is 546. The number of aryl methyl sites for hydroxylation is 1. The highest BCUT2D eigenvalue weighted by atomic mass is 16.1. The summed E-state index contributed by atoms with van der Waals surface area (Å²) in [5, 5.41) is 0. The van der Waals surface area contributed by atoms with Crippen LogP contribution in [-0.4, -0.2) is 5.78 Å². The zero-order valence-electron chi connectivity index (χ0n) is 11.7. The van der Waals surface area contributed by atoms with Crippen LogP contribution in [0.3, 0.4) is 0 Å². The summed E-state index contributed by atoms with van der Waals surface area (Å²) >= 11 is 0. The van der Waals surface area contributed by atoms with Crippen LogP contribution in [0, 0.1) is 11.3 Å². The van der Waals surface area contributed by atoms with E-state index >= 15 is 0 Å². The lowest BCUT2D eigenvalue weighted by atomic mass is 9.44. The summed E-state index contributed by atoms with van der Waals surface area (Å²) in [6, 6.07) is 8.95. The van der Waals surface area contributed by atoms with Crippen molar-refractivity contribution in [1.29, 1.82) is 0 Å². The van der Waals surface area contributed by atoms with Gasteiger partial charge in [-0.05, 0) is 54.6 Å². The second-order valence-electron chi connectivity index (χ2n) is 7.10. The summed E-state index contributed by atoms with van der Waals surface area (Å²) in [5.74, 6) is 1.17. The van der Waals surface area contributed by atoms with Crippen LogP contribution in [0.1, 0.15) is 56.6 Å². The van der Waals surface area contributed by atoms with Gasteiger partial charge in [0, 0.05) is 11.8 Å². The molecule has 1 aromatic rings. The van der Waals surface area contributed by atoms with E-state index in [2.05, 4.69) is 31.2 Å². The van der Waals surface area contributed by atoms with Crippen molar-refractivity contribution in [3.63, 3.8) is 0 Å². The standard InChI is InChI=1S/C18H22O/c1-17-10-4-11-18(12-9-16(18)19)15(17)8-7-13-5-2-3-6-14(13)17/h2-3,5-6,15H,4,7-12H2,1H3/t15?,17-,18-/m1/s1. The lowest BCUT2D eigenvalue weighted by molar-refractivity contribution is -0.151. The maximum atomic E-state index is 12.3. The van der Waals surface area contributed by atoms with Crippen molar-refractivity contribution in [3.05, 3.63) is 35.4 Å². The average molecular weight is 254 g/mol. The highest BCUT2D eigenvalue weighted by Gasteiger charge is 2.60. The van der Waals surface area contributed by atoms with Crippen LogP contribution in [0.4, 0.5) is 0 Å². The predicted molar refractivity (Wildman–Crippen MR) is 76.1 cm³/mol. The van der Waals surface area contributed by atoms with Crippen LogP contribution in [-0.2, 0) is 16.6 Å². The van der Waals surface area contributed by atoms with Crippen LogP contribution in [0.5, 0.6) is 0 Å². The van der Waals surface area contributed by atoms with E-state index in [9.17, 15) is 4.79 Å². The Morgan fingerprint density at radius 3 is 2.68 bits per heavy atom. The van der Waals surface area contributed by atoms with Gasteiger partial charge in [-0.15, -0.1) is 0 Å². The highest BCUT2D eigenvalue weighted by Crippen LogP contribution is 2.62. The van der Waals surface area contributed by atoms with E-state index in [0.717, 1.165) is 19.3 Å². The Labute approximate surface area is 115 Å². The minimum atomic E-state index is 0.0700. The van der Waals surface area contributed by atoms with Crippen molar-refractivity contribution < 1.29 is 4.79 Å². The minimum absolute atomic E-state index is 0.0700. The summed E-state index contributed by atoms with van der Waals surface area (Å²) in [6.07, 6.45) is 8.05. The van der Waals surface area contributed by atoms with Gasteiger partial charge in [-0.1, -0.05) is 37.6 Å². The van der Waals surface area contributed by atoms with Crippen molar-refractivity contribution in [1.82, 2.24) is 0 Å². The maximum Gasteiger partial charge on any atom is 0.139 e. The number of rotatable bonds is 0. The van der Waals surface area contributed by atoms with Gasteiger partial charge < -0.3 is 0 Å². The van der Waals surface area contributed by atoms with Crippen molar-refractivity contribution in [3.8, 4) is 0 Å². The second kappa shape index (κ2) is 3.71. The summed E-state index contributed by atoms with van der Waals surface area (Å²) in [4.78, 5) is 12.3. The molecule has 3 aliphatic rings. The first-order chi connectivity index (χ1) is 9.17. The van der Waals surface area contributed by atoms with E-state index < -0.39 is 0 Å². The molecule has 1 unspecified atom stereocenters. The number of hydrogen-bond acceptors (Lipinski definition) is 1. The fraction of sp³-hybridized carbons (Fsp3) is 0.611. The Morgan fingerprint density at radius 1 is 1.11 bits per heavy atom. The fourth-order valence-corrected chi connectivity index (χ4v) is 5.42. The fourth-order valence-electron chi connectivity index (χ4n) is 5.42. The van der Waals surface area contributed by atoms with Crippen molar-refractivity contribution >= 4 is 5.78 Å². The quantitative estimate of drug-likeness (QED) is 0.683. The normalized spacial score (nSPS) is 40.5. The molecule has 0 saturated heterocycles. The lowest BCUT2D eigenvalue weighted by Crippen LogP contribution is -2.57. The lowest BCUT2D eigenvalue weighted by Gasteiger charge is -2.59. The molecule has 3 aliphatic carbocycles. The molecule has 4 rings (SSSR count). The molecule has 0 aromatic heterocycles. The molecular formula is C18H22O. The van der Waals surface area contributed by atoms with Crippen molar-refractivity contribution in [2.75, 3.05) is 0 Å². The van der Waals surface area contributed by atoms with E-state index in [-0.39, 0.29) is 10.8 Å². The number of ketones is 1. The molecule has 1 heteroatoms. The smallest absolute Gasteiger partial charge is 0.139 e. The van der Waals surface area contributed by atoms with Gasteiger partial charge in [-0.25, -0.2) is 0 Å². The van der Waals surface area contributed by atoms with Gasteiger partial charge in [0.15, 0.2) is 0 Å². The van der Waals surface area contributed by atoms with Gasteiger partial charge in [0.2, 0.25) is 0 Å². The monoisotopic (exact) mass is 254 g/mol. The Morgan fingerprint density at radius 2 is 1.95 bits per heavy atom. The molecule has 0 bridgehead atoms. The molecule has 2 saturated carbocycles. The minimum Gasteiger partial charge on any atom is -0.299 e. The first-order valence-electron chi connectivity index (χ1n) is 7.78. The first kappa shape index (κ1) is 11.7. The van der Waals surface area contributed by atoms with Crippen molar-refractivity contribution in [2.45, 2.75) is 57.3 Å². The SMILES string of the molecule is C[C@]12CCC[C@@]3(CCC3=O)C1CCc1ccccc12. The Hall–Kier alpha value is -1.11. The molecule has 0 amide bonds. The Kier molecular flexibility index (Phi) is 2.29. The number of carbonyl (C=O) groups is 1. The average Bonchev–Trinajstić information content (AvgIpc) is 2.44. The number of fused-ring (bicyclic) bond motifs is 4. The number of carbonyl (C=O) groups excluding carboxylic acids is 1. The predicted octanol–water partition coefficient (Wildman–Crippen LogP) is 4.04. The summed E-state index contributed by atoms with van der Waals surface area (Å²) in [5.41, 5.74) is 3.40. The van der Waals surface area contributed by atoms with Crippen LogP contribution in [0.25, 0.3) is 0 Å². The zero-order valence-corrected chi connectivity index (χ0v) is 11.7. The molecule has 2 fully saturated rings. The molecule has 0 radical (unpaired) electrons. The second-order valence-corrected chi connectivity index (χ2v) is 7.10. The molecule has 0 heterocycles. The number of hydrogen-bond donors (Lipinski definition) is 0. The van der Waals surface area contributed by atoms with Gasteiger partial charge >= 0.3 is 0 Å². The maximum absolute atomic E-state index is 12.3. The molecule has 3 atom stereocenters. The van der Waals surface area contributed by atoms with E-state index in [0.29, 0.717) is 11.7 Å². The van der Waals surface area contributed by atoms with Gasteiger partial charge in [-0.3, -0.25) is 4.79 Å². The molecule has 1 spiro atoms. The molecular weight excluding hydrogens is 232 g/mol. The third-order valence-corrected chi connectivity index (χ3v) is 6.44. The molecule has 100 valence electrons. The molecule has 0 N–H and O–H groups in total. The van der Waals surface area contributed by atoms with Crippen LogP contribution in [0.2, 0.25) is 0 Å². The third kappa shape index (κ3) is 1.34. The largest absolute Gasteiger partial charge is 0.299 e. The van der Waals surface area contributed by atoms with Gasteiger partial charge in [0.25, 0.3) is 0 Å². The van der Waals surface area contributed by atoms with Crippen LogP contribution >= 0.6 is 0 Å². The molecule has 19 heavy (non-hydrogen) atoms. The topological polar surface area (TPSA) is 17.1 Å². The molecule has 1 nitrogen and oxygen atoms in total. The summed E-state index contributed by atoms with van der Waals surface area (Å²) in [6.45, 7) is 2.43. The number of benzene rings is 1. The summed E-state index contributed by atoms with van der Waals surface area (Å²) in [7, 11) is 0. The Balaban J connectivity index is 1.84. The molecule has 1 aromatic carbocycles. The zero-order chi connectivity index (χ0) is 13.1. The number of Topliss-reactive ketones (excluding diaryl/α,β-unsaturated/α-hetero) is 1. The van der Waals surface area contributed by atoms with Gasteiger partial charge in [-0.2, -0.15) is 0 Å². The van der Waals surface area contributed by atoms with E-state index in [1.54, 1.807) is 5.56 Å². The van der Waals surface area contributed by atoms with E-state index in [1.807, 2.05) is 0 Å². The molecule has 0 aliphatic heterocycles. The van der Waals surface area contributed by atoms with Crippen LogP contribution < -0.4 is 0 Å². The van der Waals surface area contributed by atoms with Gasteiger partial charge in [0.1, 0.15) is 5.78 Å². The van der Waals surface area contributed by atoms with Crippen molar-refractivity contribution in [2.24, 2.45) is 11.3 Å².